The van der Waals surface area contributed by atoms with E-state index in [0.29, 0.717) is 64.8 Å². The number of nitrogens with one attached hydrogen (secondary N) is 5. The van der Waals surface area contributed by atoms with Crippen LogP contribution < -0.4 is 52.3 Å². The van der Waals surface area contributed by atoms with Crippen LogP contribution in [0.15, 0.2) is 232 Å². The Morgan fingerprint density at radius 2 is 0.836 bits per heavy atom. The van der Waals surface area contributed by atoms with Crippen LogP contribution in [0.4, 0.5) is 17.6 Å². The Morgan fingerprint density at radius 3 is 1.17 bits per heavy atom. The van der Waals surface area contributed by atoms with E-state index in [4.69, 9.17) is 36.5 Å². The van der Waals surface area contributed by atoms with Gasteiger partial charge in [0.25, 0.3) is 17.7 Å². The summed E-state index contributed by atoms with van der Waals surface area (Å²) in [5.41, 5.74) is 6.75. The van der Waals surface area contributed by atoms with E-state index in [-0.39, 0.29) is 155 Å². The molecule has 4 aromatic heterocycles. The molecule has 0 bridgehead atoms. The molecule has 2 atom stereocenters. The van der Waals surface area contributed by atoms with Gasteiger partial charge in [-0.3, -0.25) is 52.7 Å². The summed E-state index contributed by atoms with van der Waals surface area (Å²) in [6, 6.07) is 50.5. The first-order valence-electron chi connectivity index (χ1n) is 47.6. The summed E-state index contributed by atoms with van der Waals surface area (Å²) in [7, 11) is -0.0278. The molecule has 782 valence electrons. The van der Waals surface area contributed by atoms with E-state index in [2.05, 4.69) is 35.0 Å². The number of ketones is 4. The number of H-pyrrole nitrogens is 3. The smallest absolute Gasteiger partial charge is 0.358 e. The number of halogens is 4. The zero-order chi connectivity index (χ0) is 106. The molecule has 0 saturated carbocycles. The molecule has 38 heteroatoms. The second-order valence-corrected chi connectivity index (χ2v) is 37.3. The summed E-state index contributed by atoms with van der Waals surface area (Å²) >= 11 is 2.30. The number of hydrogen-bond donors (Lipinski definition) is 12. The fourth-order valence-electron chi connectivity index (χ4n) is 14.8. The summed E-state index contributed by atoms with van der Waals surface area (Å²) in [5.74, 6) is -7.34. The van der Waals surface area contributed by atoms with Crippen molar-refractivity contribution in [3.05, 3.63) is 368 Å². The van der Waals surface area contributed by atoms with Gasteiger partial charge in [-0.25, -0.2) is 27.6 Å². The number of aromatic hydroxyl groups is 1. The number of rotatable bonds is 47. The second kappa shape index (κ2) is 68.1. The fourth-order valence-corrected chi connectivity index (χ4v) is 14.8. The van der Waals surface area contributed by atoms with Crippen molar-refractivity contribution in [3.63, 3.8) is 0 Å². The molecule has 0 aliphatic carbocycles. The molecule has 2 aliphatic rings. The van der Waals surface area contributed by atoms with Crippen molar-refractivity contribution in [2.45, 2.75) is 180 Å². The molecule has 1 saturated heterocycles. The minimum atomic E-state index is -1.37. The standard InChI is InChI=1S/C28H31FN2O5.C28H29FN2O5.C22H18FNO5.C21H21FN2O4.C6H15NO.CH4O3S.CH4S.CH3.W/c2*29-22-13-10-20(11-14-22)12-15-24(33)23-18-31-25(28(35)30-16-6-1-2-7-17-32)27(26(23)34)36-19-21-8-4-3-5-9-21;23-16-9-6-14(7-10-16)8-11-18(25)17-12-24-19(22(27)28)21(20(17)26)29-13-15-4-2-1-3-5-15;22-14-8-5-13(6-9-14)7-10-16(25)15-12-24-17-4-2-1-3-11-23(17)21(28)18(24)20(27)19(15)26;7-5-3-1-2-4-6-8;1-5-4-3-2;1-2;;/h3-5,8-11,13-14,18,32H,1-2,6-7,12,15-17,19H2,(H,30,35)(H,31,34);3-5,8-11,13-14,17-18H,1-2,6-7,12,15-16,19H2,(H,30,35)(H,31,34);1-7,9-10,12H,8,11,13H2,(H,24,26)(H,27,28);5-6,8-9,12,17,27H,1-4,7,10-11H2;8H,1-7H2;2H,1H3;2H,1H3;1H3;/q;;;;;;;-1;/i/hD. The second-order valence-electron chi connectivity index (χ2n) is 32.9. The number of carboxylic acid groups (broad SMARTS) is 1. The number of carboxylic acids is 1. The number of aromatic carboxylic acids is 1. The number of nitrogens with zero attached hydrogens (tertiary/aromatic N) is 2. The van der Waals surface area contributed by atoms with Crippen LogP contribution in [0.1, 0.15) is 257 Å². The first-order chi connectivity index (χ1) is 70.5. The molecule has 3 amide bonds. The van der Waals surface area contributed by atoms with Crippen LogP contribution in [0.25, 0.3) is 0 Å². The van der Waals surface area contributed by atoms with Crippen molar-refractivity contribution >= 4 is 74.0 Å². The van der Waals surface area contributed by atoms with Crippen molar-refractivity contribution < 1.29 is 128 Å². The predicted octanol–water partition coefficient (Wildman–Crippen LogP) is 17.4. The van der Waals surface area contributed by atoms with Crippen molar-refractivity contribution in [2.75, 3.05) is 51.9 Å². The van der Waals surface area contributed by atoms with Crippen LogP contribution in [0.3, 0.4) is 0 Å². The van der Waals surface area contributed by atoms with Gasteiger partial charge < -0.3 is 87.6 Å². The molecule has 11 aromatic rings. The third-order valence-electron chi connectivity index (χ3n) is 22.5. The van der Waals surface area contributed by atoms with Gasteiger partial charge in [0.15, 0.2) is 68.9 Å². The number of hydrogen-bond acceptors (Lipinski definition) is 24. The van der Waals surface area contributed by atoms with Crippen molar-refractivity contribution in [1.82, 2.24) is 35.1 Å². The van der Waals surface area contributed by atoms with Crippen LogP contribution in [0.5, 0.6) is 23.0 Å². The van der Waals surface area contributed by atoms with E-state index in [1.54, 1.807) is 88.5 Å². The zero-order valence-corrected chi connectivity index (χ0v) is 86.1. The number of ether oxygens (including phenoxy) is 3. The number of carbonyl (C=O) groups is 9. The van der Waals surface area contributed by atoms with Gasteiger partial charge in [0, 0.05) is 108 Å². The molecule has 7 aromatic carbocycles. The van der Waals surface area contributed by atoms with Gasteiger partial charge in [-0.2, -0.15) is 0 Å². The largest absolute Gasteiger partial charge is 0.358 e. The molecule has 0 spiro atoms. The molecular formula is C108H125F4N8O23S2W-. The Kier molecular flexibility index (Phi) is 55.8. The Balaban J connectivity index is 0.000000284. The number of fused-ring (bicyclic) bond motifs is 3. The van der Waals surface area contributed by atoms with Crippen LogP contribution in [0, 0.1) is 30.7 Å². The van der Waals surface area contributed by atoms with Crippen LogP contribution in [0.2, 0.25) is 0 Å². The molecule has 1 fully saturated rings. The summed E-state index contributed by atoms with van der Waals surface area (Å²) in [5, 5.41) is 52.9. The Morgan fingerprint density at radius 1 is 0.493 bits per heavy atom. The van der Waals surface area contributed by atoms with Crippen molar-refractivity contribution in [3.8, 4) is 23.0 Å². The van der Waals surface area contributed by atoms with E-state index in [9.17, 15) is 90.1 Å². The summed E-state index contributed by atoms with van der Waals surface area (Å²) < 4.78 is 81.3. The quantitative estimate of drug-likeness (QED) is 0.00194. The zero-order valence-electron chi connectivity index (χ0n) is 82.5. The third kappa shape index (κ3) is 40.9. The molecule has 13 rings (SSSR count). The van der Waals surface area contributed by atoms with E-state index in [1.807, 2.05) is 73.0 Å². The van der Waals surface area contributed by atoms with Gasteiger partial charge in [0.05, 0.1) is 22.3 Å². The number of benzene rings is 7. The summed E-state index contributed by atoms with van der Waals surface area (Å²) in [4.78, 5) is 172. The van der Waals surface area contributed by atoms with E-state index in [1.165, 1.54) is 85.1 Å². The average Bonchev–Trinajstić information content (AvgIpc) is 1.59. The number of amides is 3. The van der Waals surface area contributed by atoms with Gasteiger partial charge in [0.2, 0.25) is 21.7 Å². The van der Waals surface area contributed by atoms with E-state index >= 15 is 0 Å². The number of aldehydes is 1. The number of aromatic nitrogens is 4. The number of Topliss-reactive ketones (excluding diaryl/α,β-unsaturated/α-hetero) is 4. The van der Waals surface area contributed by atoms with Gasteiger partial charge in [-0.15, -0.1) is 4.33 Å². The van der Waals surface area contributed by atoms with Crippen molar-refractivity contribution in [1.29, 1.82) is 1.12 Å². The Labute approximate surface area is 861 Å². The van der Waals surface area contributed by atoms with Gasteiger partial charge >= 0.3 is 40.2 Å². The van der Waals surface area contributed by atoms with Crippen LogP contribution in [-0.2, 0) is 77.7 Å². The Hall–Kier alpha value is -13.4. The molecule has 146 heavy (non-hydrogen) atoms. The number of aryl methyl sites for hydroxylation is 4. The van der Waals surface area contributed by atoms with Crippen LogP contribution >= 0.6 is 20.9 Å². The first kappa shape index (κ1) is 120. The summed E-state index contributed by atoms with van der Waals surface area (Å²) in [6.07, 6.45) is 24.4. The maximum Gasteiger partial charge on any atom is -0.358 e. The number of pyridine rings is 4. The fraction of sp³-hybridized carbons (Fsp3) is 0.333. The molecule has 6 heterocycles. The molecule has 31 nitrogen and oxygen atoms in total. The molecule has 0 radical (unpaired) electrons. The number of nitrogens with two attached hydrogens (primary N) is 1. The molecule has 12 N–H and O–H groups in total. The topological polar surface area (TPSA) is 475 Å². The number of aliphatic hydroxyl groups is 2. The van der Waals surface area contributed by atoms with Gasteiger partial charge in [-0.1, -0.05) is 183 Å². The molecular weight excluding hydrogens is 2100 g/mol. The third-order valence-corrected chi connectivity index (χ3v) is 22.7. The predicted molar refractivity (Wildman–Crippen MR) is 547 cm³/mol. The SMILES string of the molecule is CSOOO.NCCCCCCO.O=C(CCc1ccc(F)cc1)c1cn2c(c(O)c1=O)C(=O)N1CCCCCC12.O=C(NCCCCCCO)c1[nH]cc(C(=O)CCc2ccc(F)cc2)c(=O)c1OCc1ccccc1.O=C(O)c1[nH]cc(C(=O)CCc2ccc(F)cc2)c(=O)c1OCc1ccccc1.O=CCCCCCNC(=O)c1[nH]cc(C(=O)CCc2ccc(F)cc2)c(=O)c1OCc1ccccc1.[2H][S](C)=[W].[CH3-]. The summed E-state index contributed by atoms with van der Waals surface area (Å²) in [6.45, 7) is 2.69. The number of aromatic amines is 3. The van der Waals surface area contributed by atoms with E-state index < -0.39 is 79.8 Å². The maximum absolute atomic E-state index is 13.2. The first-order valence-corrected chi connectivity index (χ1v) is 53.0. The normalized spacial score (nSPS) is 12.2. The van der Waals surface area contributed by atoms with E-state index in [0.717, 1.165) is 160 Å². The monoisotopic (exact) mass is 2230 g/mol. The number of unbranched alkanes of at least 4 members (excludes halogenated alkanes) is 9. The average molecular weight is 2230 g/mol. The maximum atomic E-state index is 13.2. The van der Waals surface area contributed by atoms with Crippen molar-refractivity contribution in [2.24, 2.45) is 5.73 Å². The van der Waals surface area contributed by atoms with Gasteiger partial charge in [0.1, 0.15) is 55.5 Å². The molecule has 2 aliphatic heterocycles. The minimum Gasteiger partial charge on any atom is -0.358 e. The number of thiol groups is 1. The number of carbonyl (C=O) groups excluding carboxylic acids is 8. The van der Waals surface area contributed by atoms with Crippen LogP contribution in [-0.4, -0.2) is 156 Å². The molecule has 2 unspecified atom stereocenters. The minimum absolute atomic E-state index is 0. The Bertz CT molecular complexity index is 6270. The van der Waals surface area contributed by atoms with Gasteiger partial charge in [-0.05, 0) is 177 Å². The number of aliphatic hydroxyl groups excluding tert-OH is 2.